The first-order chi connectivity index (χ1) is 13.7. The summed E-state index contributed by atoms with van der Waals surface area (Å²) in [5.74, 6) is -1.03. The predicted molar refractivity (Wildman–Crippen MR) is 102 cm³/mol. The number of nitrogens with one attached hydrogen (secondary N) is 2. The number of hydrogen-bond donors (Lipinski definition) is 3. The van der Waals surface area contributed by atoms with E-state index in [1.165, 1.54) is 17.5 Å². The van der Waals surface area contributed by atoms with Crippen molar-refractivity contribution < 1.29 is 27.9 Å². The van der Waals surface area contributed by atoms with Gasteiger partial charge in [-0.15, -0.1) is 11.3 Å². The standard InChI is InChI=1S/C18H19F3N4O3S/c19-18(20,21)12-3-1-2-4-13(12)22-9-11-5-7-25(8-6-11)17(28)24-16-23-14(10-29-16)15(26)27/h1-4,10-11,22H,5-9H2,(H,26,27)(H,23,24,28). The van der Waals surface area contributed by atoms with E-state index in [4.69, 9.17) is 5.11 Å². The third kappa shape index (κ3) is 5.37. The number of rotatable bonds is 5. The molecule has 0 radical (unpaired) electrons. The lowest BCUT2D eigenvalue weighted by molar-refractivity contribution is -0.137. The van der Waals surface area contributed by atoms with Crippen molar-refractivity contribution in [2.24, 2.45) is 5.92 Å². The minimum Gasteiger partial charge on any atom is -0.476 e. The Morgan fingerprint density at radius 2 is 1.93 bits per heavy atom. The Kier molecular flexibility index (Phi) is 6.26. The van der Waals surface area contributed by atoms with Crippen molar-refractivity contribution >= 4 is 34.2 Å². The van der Waals surface area contributed by atoms with Crippen LogP contribution in [-0.2, 0) is 6.18 Å². The number of carboxylic acids is 1. The number of piperidine rings is 1. The molecule has 1 fully saturated rings. The Balaban J connectivity index is 1.48. The molecule has 2 aromatic rings. The van der Waals surface area contributed by atoms with Gasteiger partial charge in [0.2, 0.25) is 0 Å². The lowest BCUT2D eigenvalue weighted by Crippen LogP contribution is -2.42. The third-order valence-corrected chi connectivity index (χ3v) is 5.41. The van der Waals surface area contributed by atoms with Crippen LogP contribution < -0.4 is 10.6 Å². The number of thiazole rings is 1. The van der Waals surface area contributed by atoms with E-state index in [0.29, 0.717) is 32.5 Å². The Labute approximate surface area is 168 Å². The van der Waals surface area contributed by atoms with Crippen LogP contribution in [0.2, 0.25) is 0 Å². The normalized spacial score (nSPS) is 15.2. The fourth-order valence-electron chi connectivity index (χ4n) is 3.08. The number of aromatic carboxylic acids is 1. The number of urea groups is 1. The van der Waals surface area contributed by atoms with Crippen LogP contribution in [0.4, 0.5) is 28.8 Å². The van der Waals surface area contributed by atoms with Crippen molar-refractivity contribution in [1.82, 2.24) is 9.88 Å². The summed E-state index contributed by atoms with van der Waals surface area (Å²) in [7, 11) is 0. The number of halogens is 3. The van der Waals surface area contributed by atoms with Crippen molar-refractivity contribution in [3.63, 3.8) is 0 Å². The summed E-state index contributed by atoms with van der Waals surface area (Å²) in [4.78, 5) is 28.5. The Bertz CT molecular complexity index is 879. The number of hydrogen-bond acceptors (Lipinski definition) is 5. The molecule has 1 aromatic carbocycles. The molecule has 0 saturated carbocycles. The average molecular weight is 428 g/mol. The molecule has 2 amide bonds. The number of likely N-dealkylation sites (tertiary alicyclic amines) is 1. The highest BCUT2D eigenvalue weighted by Gasteiger charge is 2.33. The molecule has 7 nitrogen and oxygen atoms in total. The van der Waals surface area contributed by atoms with E-state index in [-0.39, 0.29) is 28.5 Å². The van der Waals surface area contributed by atoms with Gasteiger partial charge >= 0.3 is 18.2 Å². The van der Waals surface area contributed by atoms with Gasteiger partial charge in [0.25, 0.3) is 0 Å². The van der Waals surface area contributed by atoms with E-state index >= 15 is 0 Å². The maximum Gasteiger partial charge on any atom is 0.418 e. The number of anilines is 2. The van der Waals surface area contributed by atoms with Crippen molar-refractivity contribution in [2.45, 2.75) is 19.0 Å². The summed E-state index contributed by atoms with van der Waals surface area (Å²) < 4.78 is 39.2. The molecule has 3 N–H and O–H groups in total. The molecule has 0 aliphatic carbocycles. The number of para-hydroxylation sites is 1. The summed E-state index contributed by atoms with van der Waals surface area (Å²) in [6, 6.07) is 4.99. The molecule has 3 rings (SSSR count). The topological polar surface area (TPSA) is 94.6 Å². The second kappa shape index (κ2) is 8.68. The largest absolute Gasteiger partial charge is 0.476 e. The van der Waals surface area contributed by atoms with Crippen LogP contribution in [0.5, 0.6) is 0 Å². The molecule has 0 spiro atoms. The lowest BCUT2D eigenvalue weighted by Gasteiger charge is -2.32. The molecular weight excluding hydrogens is 409 g/mol. The lowest BCUT2D eigenvalue weighted by atomic mass is 9.96. The number of benzene rings is 1. The quantitative estimate of drug-likeness (QED) is 0.663. The smallest absolute Gasteiger partial charge is 0.418 e. The van der Waals surface area contributed by atoms with Gasteiger partial charge in [-0.2, -0.15) is 13.2 Å². The van der Waals surface area contributed by atoms with E-state index < -0.39 is 17.7 Å². The first-order valence-electron chi connectivity index (χ1n) is 8.89. The van der Waals surface area contributed by atoms with Crippen LogP contribution in [0.15, 0.2) is 29.6 Å². The van der Waals surface area contributed by atoms with Crippen molar-refractivity contribution in [3.8, 4) is 0 Å². The first kappa shape index (κ1) is 20.9. The number of carbonyl (C=O) groups is 2. The van der Waals surface area contributed by atoms with Crippen LogP contribution >= 0.6 is 11.3 Å². The van der Waals surface area contributed by atoms with Crippen molar-refractivity contribution in [1.29, 1.82) is 0 Å². The van der Waals surface area contributed by atoms with Crippen LogP contribution in [0.3, 0.4) is 0 Å². The zero-order chi connectivity index (χ0) is 21.0. The molecule has 1 aromatic heterocycles. The SMILES string of the molecule is O=C(O)c1csc(NC(=O)N2CCC(CNc3ccccc3C(F)(F)F)CC2)n1. The minimum absolute atomic E-state index is 0.0539. The molecule has 2 heterocycles. The number of nitrogens with zero attached hydrogens (tertiary/aromatic N) is 2. The Morgan fingerprint density at radius 1 is 1.24 bits per heavy atom. The van der Waals surface area contributed by atoms with Crippen molar-refractivity contribution in [2.75, 3.05) is 30.3 Å². The van der Waals surface area contributed by atoms with Crippen LogP contribution in [-0.4, -0.2) is 46.6 Å². The molecule has 1 aliphatic heterocycles. The number of alkyl halides is 3. The molecule has 1 saturated heterocycles. The summed E-state index contributed by atoms with van der Waals surface area (Å²) in [6.45, 7) is 1.30. The van der Waals surface area contributed by atoms with Crippen LogP contribution in [0.1, 0.15) is 28.9 Å². The van der Waals surface area contributed by atoms with E-state index in [1.807, 2.05) is 0 Å². The zero-order valence-electron chi connectivity index (χ0n) is 15.2. The van der Waals surface area contributed by atoms with Gasteiger partial charge in [0.15, 0.2) is 10.8 Å². The molecule has 0 unspecified atom stereocenters. The van der Waals surface area contributed by atoms with Gasteiger partial charge in [0, 0.05) is 30.7 Å². The van der Waals surface area contributed by atoms with Gasteiger partial charge in [0.1, 0.15) is 0 Å². The maximum atomic E-state index is 13.1. The molecule has 0 atom stereocenters. The molecule has 29 heavy (non-hydrogen) atoms. The van der Waals surface area contributed by atoms with Gasteiger partial charge in [-0.3, -0.25) is 5.32 Å². The third-order valence-electron chi connectivity index (χ3n) is 4.65. The summed E-state index contributed by atoms with van der Waals surface area (Å²) in [5, 5.41) is 15.9. The highest BCUT2D eigenvalue weighted by molar-refractivity contribution is 7.14. The number of carboxylic acid groups (broad SMARTS) is 1. The molecule has 1 aliphatic rings. The zero-order valence-corrected chi connectivity index (χ0v) is 16.0. The number of carbonyl (C=O) groups excluding carboxylic acids is 1. The van der Waals surface area contributed by atoms with E-state index in [9.17, 15) is 22.8 Å². The van der Waals surface area contributed by atoms with Gasteiger partial charge < -0.3 is 15.3 Å². The molecular formula is C18H19F3N4O3S. The second-order valence-corrected chi connectivity index (χ2v) is 7.49. The molecule has 11 heteroatoms. The second-order valence-electron chi connectivity index (χ2n) is 6.63. The monoisotopic (exact) mass is 428 g/mol. The first-order valence-corrected chi connectivity index (χ1v) is 9.77. The highest BCUT2D eigenvalue weighted by Crippen LogP contribution is 2.34. The van der Waals surface area contributed by atoms with Gasteiger partial charge in [-0.1, -0.05) is 12.1 Å². The van der Waals surface area contributed by atoms with Gasteiger partial charge in [-0.25, -0.2) is 14.6 Å². The highest BCUT2D eigenvalue weighted by atomic mass is 32.1. The Hall–Kier alpha value is -2.82. The minimum atomic E-state index is -4.42. The fraction of sp³-hybridized carbons (Fsp3) is 0.389. The predicted octanol–water partition coefficient (Wildman–Crippen LogP) is 4.22. The molecule has 0 bridgehead atoms. The van der Waals surface area contributed by atoms with E-state index in [2.05, 4.69) is 15.6 Å². The number of aromatic nitrogens is 1. The van der Waals surface area contributed by atoms with E-state index in [0.717, 1.165) is 17.4 Å². The molecule has 156 valence electrons. The number of amides is 2. The van der Waals surface area contributed by atoms with Gasteiger partial charge in [0.05, 0.1) is 5.56 Å². The summed E-state index contributed by atoms with van der Waals surface area (Å²) in [5.41, 5.74) is -0.770. The fourth-order valence-corrected chi connectivity index (χ4v) is 3.75. The van der Waals surface area contributed by atoms with Crippen molar-refractivity contribution in [3.05, 3.63) is 40.9 Å². The maximum absolute atomic E-state index is 13.1. The summed E-state index contributed by atoms with van der Waals surface area (Å²) in [6.07, 6.45) is -3.12. The summed E-state index contributed by atoms with van der Waals surface area (Å²) >= 11 is 1.03. The Morgan fingerprint density at radius 3 is 2.55 bits per heavy atom. The average Bonchev–Trinajstić information content (AvgIpc) is 3.15. The van der Waals surface area contributed by atoms with Gasteiger partial charge in [-0.05, 0) is 30.9 Å². The van der Waals surface area contributed by atoms with E-state index in [1.54, 1.807) is 11.0 Å². The van der Waals surface area contributed by atoms with Crippen LogP contribution in [0.25, 0.3) is 0 Å². The van der Waals surface area contributed by atoms with Crippen LogP contribution in [0, 0.1) is 5.92 Å².